The van der Waals surface area contributed by atoms with E-state index in [0.29, 0.717) is 0 Å². The Bertz CT molecular complexity index is 584. The minimum Gasteiger partial charge on any atom is -0.324 e. The molecule has 0 saturated heterocycles. The van der Waals surface area contributed by atoms with Crippen LogP contribution < -0.4 is 11.1 Å². The summed E-state index contributed by atoms with van der Waals surface area (Å²) in [5.41, 5.74) is 8.59. The number of nitrogens with one attached hydrogen (secondary N) is 1. The molecule has 0 saturated carbocycles. The maximum atomic E-state index is 12.1. The molecule has 0 aliphatic carbocycles. The van der Waals surface area contributed by atoms with Gasteiger partial charge in [-0.1, -0.05) is 30.3 Å². The van der Waals surface area contributed by atoms with Crippen molar-refractivity contribution in [3.63, 3.8) is 0 Å². The Hall–Kier alpha value is -1.40. The Labute approximate surface area is 126 Å². The Morgan fingerprint density at radius 2 is 1.89 bits per heavy atom. The fourth-order valence-corrected chi connectivity index (χ4v) is 2.44. The van der Waals surface area contributed by atoms with Gasteiger partial charge in [-0.2, -0.15) is 0 Å². The van der Waals surface area contributed by atoms with E-state index in [1.54, 1.807) is 0 Å². The molecule has 0 aromatic heterocycles. The van der Waals surface area contributed by atoms with Gasteiger partial charge in [0.2, 0.25) is 5.91 Å². The zero-order valence-electron chi connectivity index (χ0n) is 10.6. The van der Waals surface area contributed by atoms with Crippen LogP contribution in [0.25, 0.3) is 0 Å². The molecule has 19 heavy (non-hydrogen) atoms. The number of carbonyl (C=O) groups excluding carboxylic acids is 1. The summed E-state index contributed by atoms with van der Waals surface area (Å²) in [6.45, 7) is 1.96. The lowest BCUT2D eigenvalue weighted by molar-refractivity contribution is -0.117. The number of carbonyl (C=O) groups is 1. The smallest absolute Gasteiger partial charge is 0.245 e. The van der Waals surface area contributed by atoms with E-state index in [1.807, 2.05) is 55.5 Å². The highest BCUT2D eigenvalue weighted by atomic mass is 127. The maximum Gasteiger partial charge on any atom is 0.245 e. The average Bonchev–Trinajstić information content (AvgIpc) is 2.42. The Morgan fingerprint density at radius 1 is 1.21 bits per heavy atom. The van der Waals surface area contributed by atoms with Crippen LogP contribution in [0, 0.1) is 10.5 Å². The van der Waals surface area contributed by atoms with Crippen molar-refractivity contribution in [1.82, 2.24) is 0 Å². The molecule has 2 aromatic rings. The number of halogens is 1. The van der Waals surface area contributed by atoms with Gasteiger partial charge in [0.25, 0.3) is 0 Å². The van der Waals surface area contributed by atoms with Gasteiger partial charge in [0.05, 0.1) is 0 Å². The van der Waals surface area contributed by atoms with Crippen LogP contribution in [-0.2, 0) is 4.79 Å². The summed E-state index contributed by atoms with van der Waals surface area (Å²) in [4.78, 5) is 12.1. The monoisotopic (exact) mass is 366 g/mol. The van der Waals surface area contributed by atoms with E-state index < -0.39 is 6.04 Å². The van der Waals surface area contributed by atoms with E-state index in [4.69, 9.17) is 5.73 Å². The Balaban J connectivity index is 2.13. The highest BCUT2D eigenvalue weighted by Crippen LogP contribution is 2.19. The van der Waals surface area contributed by atoms with Crippen LogP contribution in [-0.4, -0.2) is 5.91 Å². The molecule has 1 amide bonds. The van der Waals surface area contributed by atoms with Crippen molar-refractivity contribution in [3.05, 3.63) is 63.2 Å². The minimum absolute atomic E-state index is 0.199. The fourth-order valence-electron chi connectivity index (χ4n) is 1.79. The third kappa shape index (κ3) is 3.54. The van der Waals surface area contributed by atoms with E-state index in [1.165, 1.54) is 0 Å². The van der Waals surface area contributed by atoms with Gasteiger partial charge in [0.15, 0.2) is 0 Å². The molecule has 0 unspecified atom stereocenters. The summed E-state index contributed by atoms with van der Waals surface area (Å²) in [7, 11) is 0. The first-order valence-corrected chi connectivity index (χ1v) is 7.03. The van der Waals surface area contributed by atoms with Gasteiger partial charge in [-0.15, -0.1) is 0 Å². The van der Waals surface area contributed by atoms with Crippen molar-refractivity contribution in [1.29, 1.82) is 0 Å². The molecule has 0 aliphatic rings. The third-order valence-electron chi connectivity index (χ3n) is 2.89. The summed E-state index contributed by atoms with van der Waals surface area (Å²) in [5, 5.41) is 2.87. The zero-order valence-corrected chi connectivity index (χ0v) is 12.7. The van der Waals surface area contributed by atoms with Crippen molar-refractivity contribution in [2.24, 2.45) is 5.73 Å². The topological polar surface area (TPSA) is 55.1 Å². The SMILES string of the molecule is Cc1cc(I)ccc1NC(=O)[C@H](N)c1ccccc1. The van der Waals surface area contributed by atoms with Crippen LogP contribution in [0.2, 0.25) is 0 Å². The predicted molar refractivity (Wildman–Crippen MR) is 85.9 cm³/mol. The van der Waals surface area contributed by atoms with Crippen LogP contribution in [0.4, 0.5) is 5.69 Å². The van der Waals surface area contributed by atoms with Crippen LogP contribution in [0.3, 0.4) is 0 Å². The highest BCUT2D eigenvalue weighted by molar-refractivity contribution is 14.1. The first-order valence-electron chi connectivity index (χ1n) is 5.95. The summed E-state index contributed by atoms with van der Waals surface area (Å²) >= 11 is 2.24. The molecule has 0 radical (unpaired) electrons. The molecular weight excluding hydrogens is 351 g/mol. The lowest BCUT2D eigenvalue weighted by Gasteiger charge is -2.14. The molecule has 98 valence electrons. The molecule has 0 aliphatic heterocycles. The Kier molecular flexibility index (Phi) is 4.55. The van der Waals surface area contributed by atoms with Crippen LogP contribution in [0.1, 0.15) is 17.2 Å². The molecule has 0 fully saturated rings. The predicted octanol–water partition coefficient (Wildman–Crippen LogP) is 3.24. The van der Waals surface area contributed by atoms with E-state index in [2.05, 4.69) is 27.9 Å². The summed E-state index contributed by atoms with van der Waals surface area (Å²) in [6, 6.07) is 14.6. The first-order chi connectivity index (χ1) is 9.08. The van der Waals surface area contributed by atoms with Gasteiger partial charge in [-0.3, -0.25) is 4.79 Å². The molecule has 0 spiro atoms. The molecule has 1 atom stereocenters. The van der Waals surface area contributed by atoms with Gasteiger partial charge >= 0.3 is 0 Å². The largest absolute Gasteiger partial charge is 0.324 e. The van der Waals surface area contributed by atoms with Gasteiger partial charge < -0.3 is 11.1 Å². The lowest BCUT2D eigenvalue weighted by atomic mass is 10.1. The number of hydrogen-bond donors (Lipinski definition) is 2. The molecule has 3 nitrogen and oxygen atoms in total. The molecular formula is C15H15IN2O. The second kappa shape index (κ2) is 6.16. The summed E-state index contributed by atoms with van der Waals surface area (Å²) in [6.07, 6.45) is 0. The van der Waals surface area contributed by atoms with Crippen molar-refractivity contribution in [2.75, 3.05) is 5.32 Å². The second-order valence-electron chi connectivity index (χ2n) is 4.34. The van der Waals surface area contributed by atoms with Crippen LogP contribution in [0.5, 0.6) is 0 Å². The minimum atomic E-state index is -0.653. The molecule has 2 rings (SSSR count). The second-order valence-corrected chi connectivity index (χ2v) is 5.58. The Morgan fingerprint density at radius 3 is 2.53 bits per heavy atom. The van der Waals surface area contributed by atoms with Gasteiger partial charge in [0, 0.05) is 9.26 Å². The molecule has 4 heteroatoms. The van der Waals surface area contributed by atoms with Crippen molar-refractivity contribution in [2.45, 2.75) is 13.0 Å². The number of aryl methyl sites for hydroxylation is 1. The number of amides is 1. The van der Waals surface area contributed by atoms with Crippen molar-refractivity contribution < 1.29 is 4.79 Å². The standard InChI is InChI=1S/C15H15IN2O/c1-10-9-12(16)7-8-13(10)18-15(19)14(17)11-5-3-2-4-6-11/h2-9,14H,17H2,1H3,(H,18,19)/t14-/m1/s1. The van der Waals surface area contributed by atoms with Gasteiger partial charge in [-0.25, -0.2) is 0 Å². The normalized spacial score (nSPS) is 11.9. The zero-order chi connectivity index (χ0) is 13.8. The maximum absolute atomic E-state index is 12.1. The fraction of sp³-hybridized carbons (Fsp3) is 0.133. The quantitative estimate of drug-likeness (QED) is 0.820. The van der Waals surface area contributed by atoms with Gasteiger partial charge in [0.1, 0.15) is 6.04 Å². The molecule has 2 aromatic carbocycles. The average molecular weight is 366 g/mol. The number of nitrogens with two attached hydrogens (primary N) is 1. The van der Waals surface area contributed by atoms with Crippen molar-refractivity contribution >= 4 is 34.2 Å². The number of rotatable bonds is 3. The number of anilines is 1. The van der Waals surface area contributed by atoms with Gasteiger partial charge in [-0.05, 0) is 58.8 Å². The molecule has 0 bridgehead atoms. The molecule has 3 N–H and O–H groups in total. The molecule has 0 heterocycles. The first kappa shape index (κ1) is 14.0. The highest BCUT2D eigenvalue weighted by Gasteiger charge is 2.16. The van der Waals surface area contributed by atoms with E-state index >= 15 is 0 Å². The number of hydrogen-bond acceptors (Lipinski definition) is 2. The van der Waals surface area contributed by atoms with E-state index in [-0.39, 0.29) is 5.91 Å². The van der Waals surface area contributed by atoms with E-state index in [9.17, 15) is 4.79 Å². The summed E-state index contributed by atoms with van der Waals surface area (Å²) < 4.78 is 1.14. The third-order valence-corrected chi connectivity index (χ3v) is 3.56. The van der Waals surface area contributed by atoms with E-state index in [0.717, 1.165) is 20.4 Å². The lowest BCUT2D eigenvalue weighted by Crippen LogP contribution is -2.27. The number of benzene rings is 2. The van der Waals surface area contributed by atoms with Crippen LogP contribution >= 0.6 is 22.6 Å². The van der Waals surface area contributed by atoms with Crippen LogP contribution in [0.15, 0.2) is 48.5 Å². The van der Waals surface area contributed by atoms with Crippen molar-refractivity contribution in [3.8, 4) is 0 Å². The summed E-state index contributed by atoms with van der Waals surface area (Å²) in [5.74, 6) is -0.199.